The summed E-state index contributed by atoms with van der Waals surface area (Å²) in [5.41, 5.74) is 0.950. The minimum absolute atomic E-state index is 0.332. The fourth-order valence-electron chi connectivity index (χ4n) is 1.15. The fraction of sp³-hybridized carbons (Fsp3) is 0.250. The first-order chi connectivity index (χ1) is 6.79. The van der Waals surface area contributed by atoms with Gasteiger partial charge in [-0.25, -0.2) is 4.39 Å². The molecule has 1 fully saturated rings. The molecular weight excluding hydrogens is 179 g/mol. The molecule has 14 heavy (non-hydrogen) atoms. The van der Waals surface area contributed by atoms with Crippen LogP contribution < -0.4 is 0 Å². The average molecular weight is 188 g/mol. The third-order valence-electron chi connectivity index (χ3n) is 2.13. The van der Waals surface area contributed by atoms with E-state index in [1.807, 2.05) is 0 Å². The number of rotatable bonds is 1. The molecule has 2 heteroatoms. The molecule has 0 amide bonds. The lowest BCUT2D eigenvalue weighted by Crippen LogP contribution is -1.88. The van der Waals surface area contributed by atoms with Crippen molar-refractivity contribution in [1.82, 2.24) is 0 Å². The van der Waals surface area contributed by atoms with E-state index in [-0.39, 0.29) is 0 Å². The maximum absolute atomic E-state index is 12.7. The van der Waals surface area contributed by atoms with E-state index in [1.54, 1.807) is 6.07 Å². The van der Waals surface area contributed by atoms with Gasteiger partial charge >= 0.3 is 0 Å². The van der Waals surface area contributed by atoms with Crippen molar-refractivity contribution < 1.29 is 9.18 Å². The van der Waals surface area contributed by atoms with Crippen molar-refractivity contribution in [3.8, 4) is 11.8 Å². The maximum Gasteiger partial charge on any atom is 0.151 e. The van der Waals surface area contributed by atoms with Crippen LogP contribution in [0, 0.1) is 23.6 Å². The standard InChI is InChI=1S/C12H9FO/c13-12-6-5-10(11(7-12)8-14)4-3-9-1-2-9/h5-9H,1-2H2. The van der Waals surface area contributed by atoms with Gasteiger partial charge in [-0.2, -0.15) is 0 Å². The molecule has 0 spiro atoms. The number of aldehydes is 1. The van der Waals surface area contributed by atoms with E-state index in [1.165, 1.54) is 12.1 Å². The van der Waals surface area contributed by atoms with Crippen LogP contribution in [-0.2, 0) is 0 Å². The summed E-state index contributed by atoms with van der Waals surface area (Å²) in [4.78, 5) is 10.6. The summed E-state index contributed by atoms with van der Waals surface area (Å²) in [6, 6.07) is 4.09. The highest BCUT2D eigenvalue weighted by Crippen LogP contribution is 2.27. The molecule has 1 aromatic rings. The Labute approximate surface area is 81.9 Å². The van der Waals surface area contributed by atoms with Gasteiger partial charge in [0.05, 0.1) is 0 Å². The molecular formula is C12H9FO. The van der Waals surface area contributed by atoms with Gasteiger partial charge in [0.25, 0.3) is 0 Å². The molecule has 0 radical (unpaired) electrons. The summed E-state index contributed by atoms with van der Waals surface area (Å²) in [5.74, 6) is 6.03. The molecule has 0 saturated heterocycles. The largest absolute Gasteiger partial charge is 0.298 e. The minimum Gasteiger partial charge on any atom is -0.298 e. The zero-order valence-electron chi connectivity index (χ0n) is 7.59. The predicted molar refractivity (Wildman–Crippen MR) is 51.4 cm³/mol. The summed E-state index contributed by atoms with van der Waals surface area (Å²) in [7, 11) is 0. The molecule has 0 unspecified atom stereocenters. The second kappa shape index (κ2) is 3.63. The molecule has 1 nitrogen and oxygen atoms in total. The minimum atomic E-state index is -0.399. The van der Waals surface area contributed by atoms with Crippen LogP contribution in [0.15, 0.2) is 18.2 Å². The first kappa shape index (κ1) is 8.96. The van der Waals surface area contributed by atoms with E-state index >= 15 is 0 Å². The number of carbonyl (C=O) groups excluding carboxylic acids is 1. The highest BCUT2D eigenvalue weighted by atomic mass is 19.1. The van der Waals surface area contributed by atoms with Crippen LogP contribution in [0.5, 0.6) is 0 Å². The molecule has 0 heterocycles. The third-order valence-corrected chi connectivity index (χ3v) is 2.13. The Morgan fingerprint density at radius 1 is 1.43 bits per heavy atom. The molecule has 1 aliphatic carbocycles. The zero-order valence-corrected chi connectivity index (χ0v) is 7.59. The van der Waals surface area contributed by atoms with Crippen LogP contribution in [0.1, 0.15) is 28.8 Å². The van der Waals surface area contributed by atoms with Gasteiger partial charge in [0, 0.05) is 17.0 Å². The van der Waals surface area contributed by atoms with Gasteiger partial charge in [-0.1, -0.05) is 11.8 Å². The predicted octanol–water partition coefficient (Wildman–Crippen LogP) is 2.40. The van der Waals surface area contributed by atoms with Gasteiger partial charge in [-0.3, -0.25) is 4.79 Å². The van der Waals surface area contributed by atoms with Crippen LogP contribution >= 0.6 is 0 Å². The zero-order chi connectivity index (χ0) is 9.97. The summed E-state index contributed by atoms with van der Waals surface area (Å²) < 4.78 is 12.7. The van der Waals surface area contributed by atoms with Crippen LogP contribution in [0.2, 0.25) is 0 Å². The van der Waals surface area contributed by atoms with E-state index < -0.39 is 5.82 Å². The molecule has 1 saturated carbocycles. The van der Waals surface area contributed by atoms with Gasteiger partial charge in [0.15, 0.2) is 6.29 Å². The Hall–Kier alpha value is -1.62. The molecule has 70 valence electrons. The highest BCUT2D eigenvalue weighted by Gasteiger charge is 2.17. The fourth-order valence-corrected chi connectivity index (χ4v) is 1.15. The van der Waals surface area contributed by atoms with E-state index in [9.17, 15) is 9.18 Å². The first-order valence-corrected chi connectivity index (χ1v) is 4.56. The number of hydrogen-bond donors (Lipinski definition) is 0. The van der Waals surface area contributed by atoms with Crippen LogP contribution in [0.25, 0.3) is 0 Å². The molecule has 0 bridgehead atoms. The summed E-state index contributed by atoms with van der Waals surface area (Å²) in [5, 5.41) is 0. The van der Waals surface area contributed by atoms with Crippen molar-refractivity contribution in [3.05, 3.63) is 35.1 Å². The van der Waals surface area contributed by atoms with Gasteiger partial charge in [0.1, 0.15) is 5.82 Å². The summed E-state index contributed by atoms with van der Waals surface area (Å²) >= 11 is 0. The van der Waals surface area contributed by atoms with E-state index in [0.717, 1.165) is 12.8 Å². The van der Waals surface area contributed by atoms with E-state index in [0.29, 0.717) is 23.3 Å². The van der Waals surface area contributed by atoms with Crippen LogP contribution in [0.4, 0.5) is 4.39 Å². The molecule has 0 atom stereocenters. The summed E-state index contributed by atoms with van der Waals surface area (Å²) in [6.07, 6.45) is 2.93. The second-order valence-electron chi connectivity index (χ2n) is 3.39. The van der Waals surface area contributed by atoms with E-state index in [2.05, 4.69) is 11.8 Å². The SMILES string of the molecule is O=Cc1cc(F)ccc1C#CC1CC1. The monoisotopic (exact) mass is 188 g/mol. The Morgan fingerprint density at radius 3 is 2.86 bits per heavy atom. The Balaban J connectivity index is 2.32. The maximum atomic E-state index is 12.7. The Bertz CT molecular complexity index is 422. The lowest BCUT2D eigenvalue weighted by Gasteiger charge is -1.95. The lowest BCUT2D eigenvalue weighted by molar-refractivity contribution is 0.112. The normalized spacial score (nSPS) is 14.4. The molecule has 0 aliphatic heterocycles. The Morgan fingerprint density at radius 2 is 2.21 bits per heavy atom. The van der Waals surface area contributed by atoms with Gasteiger partial charge in [0.2, 0.25) is 0 Å². The number of halogens is 1. The molecule has 1 aromatic carbocycles. The molecule has 0 aromatic heterocycles. The van der Waals surface area contributed by atoms with Crippen molar-refractivity contribution in [3.63, 3.8) is 0 Å². The summed E-state index contributed by atoms with van der Waals surface area (Å²) in [6.45, 7) is 0. The molecule has 2 rings (SSSR count). The third kappa shape index (κ3) is 2.00. The second-order valence-corrected chi connectivity index (χ2v) is 3.39. The van der Waals surface area contributed by atoms with E-state index in [4.69, 9.17) is 0 Å². The van der Waals surface area contributed by atoms with Crippen LogP contribution in [0.3, 0.4) is 0 Å². The first-order valence-electron chi connectivity index (χ1n) is 4.56. The van der Waals surface area contributed by atoms with Crippen molar-refractivity contribution in [2.45, 2.75) is 12.8 Å². The van der Waals surface area contributed by atoms with Crippen molar-refractivity contribution in [2.24, 2.45) is 5.92 Å². The number of hydrogen-bond acceptors (Lipinski definition) is 1. The van der Waals surface area contributed by atoms with Gasteiger partial charge in [-0.05, 0) is 31.0 Å². The van der Waals surface area contributed by atoms with Gasteiger partial charge in [-0.15, -0.1) is 0 Å². The quantitative estimate of drug-likeness (QED) is 0.488. The Kier molecular flexibility index (Phi) is 2.32. The van der Waals surface area contributed by atoms with Crippen LogP contribution in [-0.4, -0.2) is 6.29 Å². The topological polar surface area (TPSA) is 17.1 Å². The lowest BCUT2D eigenvalue weighted by atomic mass is 10.1. The highest BCUT2D eigenvalue weighted by molar-refractivity contribution is 5.79. The van der Waals surface area contributed by atoms with Crippen molar-refractivity contribution in [1.29, 1.82) is 0 Å². The van der Waals surface area contributed by atoms with Gasteiger partial charge < -0.3 is 0 Å². The van der Waals surface area contributed by atoms with Crippen molar-refractivity contribution >= 4 is 6.29 Å². The van der Waals surface area contributed by atoms with Crippen molar-refractivity contribution in [2.75, 3.05) is 0 Å². The molecule has 0 N–H and O–H groups in total. The number of carbonyl (C=O) groups is 1. The average Bonchev–Trinajstić information content (AvgIpc) is 2.99. The molecule has 1 aliphatic rings. The smallest absolute Gasteiger partial charge is 0.151 e. The number of benzene rings is 1.